The van der Waals surface area contributed by atoms with E-state index in [9.17, 15) is 4.79 Å². The van der Waals surface area contributed by atoms with Gasteiger partial charge in [0, 0.05) is 12.6 Å². The smallest absolute Gasteiger partial charge is 0.226 e. The van der Waals surface area contributed by atoms with Crippen LogP contribution in [0.3, 0.4) is 0 Å². The summed E-state index contributed by atoms with van der Waals surface area (Å²) < 4.78 is 5.69. The van der Waals surface area contributed by atoms with Gasteiger partial charge in [-0.25, -0.2) is 0 Å². The number of nitrogens with two attached hydrogens (primary N) is 1. The molecule has 0 spiro atoms. The Morgan fingerprint density at radius 1 is 1.29 bits per heavy atom. The van der Waals surface area contributed by atoms with Gasteiger partial charge in [-0.15, -0.1) is 0 Å². The van der Waals surface area contributed by atoms with Crippen molar-refractivity contribution in [2.75, 3.05) is 6.54 Å². The van der Waals surface area contributed by atoms with Crippen LogP contribution in [-0.2, 0) is 9.53 Å². The van der Waals surface area contributed by atoms with E-state index in [-0.39, 0.29) is 24.0 Å². The highest BCUT2D eigenvalue weighted by molar-refractivity contribution is 5.79. The zero-order valence-electron chi connectivity index (χ0n) is 11.0. The summed E-state index contributed by atoms with van der Waals surface area (Å²) in [5.74, 6) is 1.03. The molecule has 2 fully saturated rings. The minimum absolute atomic E-state index is 0.00116. The zero-order chi connectivity index (χ0) is 12.6. The van der Waals surface area contributed by atoms with Crippen LogP contribution >= 0.6 is 0 Å². The van der Waals surface area contributed by atoms with Crippen molar-refractivity contribution in [1.29, 1.82) is 0 Å². The van der Waals surface area contributed by atoms with Crippen molar-refractivity contribution in [1.82, 2.24) is 5.32 Å². The SMILES string of the molecule is CC1OC(C)C(C(=O)NCC2CC(N)C2)C1C. The first-order valence-electron chi connectivity index (χ1n) is 6.67. The Labute approximate surface area is 103 Å². The van der Waals surface area contributed by atoms with Crippen molar-refractivity contribution < 1.29 is 9.53 Å². The average Bonchev–Trinajstić information content (AvgIpc) is 2.46. The molecule has 0 aromatic carbocycles. The Kier molecular flexibility index (Phi) is 3.73. The number of hydrogen-bond acceptors (Lipinski definition) is 3. The third kappa shape index (κ3) is 2.63. The predicted octanol–water partition coefficient (Wildman–Crippen LogP) is 0.899. The first-order chi connectivity index (χ1) is 7.99. The maximum absolute atomic E-state index is 12.1. The highest BCUT2D eigenvalue weighted by Gasteiger charge is 2.41. The highest BCUT2D eigenvalue weighted by atomic mass is 16.5. The maximum atomic E-state index is 12.1. The van der Waals surface area contributed by atoms with Crippen LogP contribution in [0.1, 0.15) is 33.6 Å². The third-order valence-electron chi connectivity index (χ3n) is 4.38. The van der Waals surface area contributed by atoms with Gasteiger partial charge in [0.15, 0.2) is 0 Å². The normalized spacial score (nSPS) is 45.4. The van der Waals surface area contributed by atoms with Gasteiger partial charge in [-0.3, -0.25) is 4.79 Å². The van der Waals surface area contributed by atoms with E-state index >= 15 is 0 Å². The number of carbonyl (C=O) groups excluding carboxylic acids is 1. The molecule has 1 amide bonds. The van der Waals surface area contributed by atoms with E-state index in [2.05, 4.69) is 12.2 Å². The number of carbonyl (C=O) groups is 1. The molecule has 0 bridgehead atoms. The predicted molar refractivity (Wildman–Crippen MR) is 66.4 cm³/mol. The lowest BCUT2D eigenvalue weighted by Gasteiger charge is -2.33. The average molecular weight is 240 g/mol. The maximum Gasteiger partial charge on any atom is 0.226 e. The van der Waals surface area contributed by atoms with Crippen LogP contribution < -0.4 is 11.1 Å². The topological polar surface area (TPSA) is 64.3 Å². The second kappa shape index (κ2) is 4.94. The number of amides is 1. The van der Waals surface area contributed by atoms with Crippen LogP contribution in [0.2, 0.25) is 0 Å². The van der Waals surface area contributed by atoms with Crippen molar-refractivity contribution >= 4 is 5.91 Å². The summed E-state index contributed by atoms with van der Waals surface area (Å²) in [7, 11) is 0. The van der Waals surface area contributed by atoms with Crippen LogP contribution in [0.15, 0.2) is 0 Å². The Morgan fingerprint density at radius 3 is 2.41 bits per heavy atom. The molecule has 4 unspecified atom stereocenters. The summed E-state index contributed by atoms with van der Waals surface area (Å²) in [4.78, 5) is 12.1. The van der Waals surface area contributed by atoms with Gasteiger partial charge in [-0.2, -0.15) is 0 Å². The van der Waals surface area contributed by atoms with Crippen molar-refractivity contribution in [3.63, 3.8) is 0 Å². The monoisotopic (exact) mass is 240 g/mol. The molecule has 0 radical (unpaired) electrons. The quantitative estimate of drug-likeness (QED) is 0.770. The summed E-state index contributed by atoms with van der Waals surface area (Å²) in [6, 6.07) is 0.351. The molecule has 1 saturated carbocycles. The Bertz CT molecular complexity index is 289. The van der Waals surface area contributed by atoms with E-state index in [1.807, 2.05) is 13.8 Å². The highest BCUT2D eigenvalue weighted by Crippen LogP contribution is 2.32. The Balaban J connectivity index is 1.79. The lowest BCUT2D eigenvalue weighted by atomic mass is 9.80. The van der Waals surface area contributed by atoms with Gasteiger partial charge >= 0.3 is 0 Å². The van der Waals surface area contributed by atoms with Crippen LogP contribution in [0.4, 0.5) is 0 Å². The van der Waals surface area contributed by atoms with Crippen LogP contribution in [0.25, 0.3) is 0 Å². The van der Waals surface area contributed by atoms with Crippen LogP contribution in [-0.4, -0.2) is 30.7 Å². The van der Waals surface area contributed by atoms with Gasteiger partial charge in [-0.1, -0.05) is 6.92 Å². The molecule has 4 heteroatoms. The lowest BCUT2D eigenvalue weighted by Crippen LogP contribution is -2.45. The molecule has 1 saturated heterocycles. The fourth-order valence-electron chi connectivity index (χ4n) is 3.04. The zero-order valence-corrected chi connectivity index (χ0v) is 11.0. The first-order valence-corrected chi connectivity index (χ1v) is 6.67. The minimum Gasteiger partial charge on any atom is -0.374 e. The van der Waals surface area contributed by atoms with Crippen molar-refractivity contribution in [3.05, 3.63) is 0 Å². The molecule has 17 heavy (non-hydrogen) atoms. The van der Waals surface area contributed by atoms with Gasteiger partial charge in [0.2, 0.25) is 5.91 Å². The summed E-state index contributed by atoms with van der Waals surface area (Å²) in [6.07, 6.45) is 2.30. The number of rotatable bonds is 3. The van der Waals surface area contributed by atoms with Crippen molar-refractivity contribution in [2.45, 2.75) is 51.9 Å². The van der Waals surface area contributed by atoms with Gasteiger partial charge in [0.1, 0.15) is 0 Å². The Morgan fingerprint density at radius 2 is 1.94 bits per heavy atom. The summed E-state index contributed by atoms with van der Waals surface area (Å²) in [5.41, 5.74) is 5.73. The second-order valence-electron chi connectivity index (χ2n) is 5.77. The van der Waals surface area contributed by atoms with Crippen molar-refractivity contribution in [2.24, 2.45) is 23.5 Å². The molecule has 98 valence electrons. The molecule has 1 aliphatic heterocycles. The van der Waals surface area contributed by atoms with Crippen LogP contribution in [0, 0.1) is 17.8 Å². The molecular formula is C13H24N2O2. The van der Waals surface area contributed by atoms with E-state index in [4.69, 9.17) is 10.5 Å². The second-order valence-corrected chi connectivity index (χ2v) is 5.77. The van der Waals surface area contributed by atoms with E-state index in [0.717, 1.165) is 19.4 Å². The van der Waals surface area contributed by atoms with Crippen LogP contribution in [0.5, 0.6) is 0 Å². The number of hydrogen-bond donors (Lipinski definition) is 2. The van der Waals surface area contributed by atoms with Gasteiger partial charge < -0.3 is 15.8 Å². The molecule has 4 atom stereocenters. The van der Waals surface area contributed by atoms with E-state index in [1.165, 1.54) is 0 Å². The standard InChI is InChI=1S/C13H24N2O2/c1-7-8(2)17-9(3)12(7)13(16)15-6-10-4-11(14)5-10/h7-12H,4-6,14H2,1-3H3,(H,15,16). The molecule has 0 aromatic rings. The molecule has 3 N–H and O–H groups in total. The van der Waals surface area contributed by atoms with E-state index in [1.54, 1.807) is 0 Å². The largest absolute Gasteiger partial charge is 0.374 e. The molecule has 4 nitrogen and oxygen atoms in total. The molecule has 0 aromatic heterocycles. The lowest BCUT2D eigenvalue weighted by molar-refractivity contribution is -0.127. The van der Waals surface area contributed by atoms with Gasteiger partial charge in [0.05, 0.1) is 18.1 Å². The summed E-state index contributed by atoms with van der Waals surface area (Å²) in [6.45, 7) is 6.90. The van der Waals surface area contributed by atoms with Gasteiger partial charge in [0.25, 0.3) is 0 Å². The summed E-state index contributed by atoms with van der Waals surface area (Å²) >= 11 is 0. The number of ether oxygens (including phenoxy) is 1. The molecule has 1 aliphatic carbocycles. The summed E-state index contributed by atoms with van der Waals surface area (Å²) in [5, 5.41) is 3.05. The van der Waals surface area contributed by atoms with E-state index in [0.29, 0.717) is 17.9 Å². The molecule has 2 rings (SSSR count). The third-order valence-corrected chi connectivity index (χ3v) is 4.38. The number of nitrogens with one attached hydrogen (secondary N) is 1. The van der Waals surface area contributed by atoms with Crippen molar-refractivity contribution in [3.8, 4) is 0 Å². The first kappa shape index (κ1) is 12.8. The Hall–Kier alpha value is -0.610. The van der Waals surface area contributed by atoms with Gasteiger partial charge in [-0.05, 0) is 38.5 Å². The van der Waals surface area contributed by atoms with E-state index < -0.39 is 0 Å². The molecule has 2 aliphatic rings. The minimum atomic E-state index is -0.00116. The molecule has 1 heterocycles. The molecular weight excluding hydrogens is 216 g/mol. The fraction of sp³-hybridized carbons (Fsp3) is 0.923. The fourth-order valence-corrected chi connectivity index (χ4v) is 3.04.